The molecule has 2 heterocycles. The van der Waals surface area contributed by atoms with Crippen molar-refractivity contribution in [2.45, 2.75) is 18.3 Å². The average Bonchev–Trinajstić information content (AvgIpc) is 3.14. The molecule has 5 nitrogen and oxygen atoms in total. The highest BCUT2D eigenvalue weighted by molar-refractivity contribution is 6.31. The van der Waals surface area contributed by atoms with Crippen molar-refractivity contribution in [3.05, 3.63) is 53.0 Å². The van der Waals surface area contributed by atoms with E-state index in [-0.39, 0.29) is 11.6 Å². The molecule has 1 atom stereocenters. The number of aromatic amines is 1. The summed E-state index contributed by atoms with van der Waals surface area (Å²) in [5, 5.41) is 8.00. The van der Waals surface area contributed by atoms with Crippen molar-refractivity contribution in [1.29, 1.82) is 0 Å². The van der Waals surface area contributed by atoms with Crippen LogP contribution < -0.4 is 5.32 Å². The van der Waals surface area contributed by atoms with Gasteiger partial charge in [-0.3, -0.25) is 4.79 Å². The molecule has 0 aliphatic heterocycles. The Morgan fingerprint density at radius 3 is 3.05 bits per heavy atom. The summed E-state index contributed by atoms with van der Waals surface area (Å²) in [6.07, 6.45) is 4.58. The number of H-pyrrole nitrogens is 1. The summed E-state index contributed by atoms with van der Waals surface area (Å²) in [5.74, 6) is -0.351. The summed E-state index contributed by atoms with van der Waals surface area (Å²) in [4.78, 5) is 15.0. The summed E-state index contributed by atoms with van der Waals surface area (Å²) in [7, 11) is 0. The molecule has 0 saturated carbocycles. The van der Waals surface area contributed by atoms with E-state index < -0.39 is 5.50 Å². The van der Waals surface area contributed by atoms with Crippen LogP contribution in [0.2, 0.25) is 5.02 Å². The van der Waals surface area contributed by atoms with Gasteiger partial charge in [0.05, 0.1) is 0 Å². The highest BCUT2D eigenvalue weighted by Gasteiger charge is 2.14. The van der Waals surface area contributed by atoms with Crippen LogP contribution >= 0.6 is 23.2 Å². The first-order valence-corrected chi connectivity index (χ1v) is 7.56. The lowest BCUT2D eigenvalue weighted by Gasteiger charge is -2.10. The van der Waals surface area contributed by atoms with Crippen molar-refractivity contribution in [3.63, 3.8) is 0 Å². The van der Waals surface area contributed by atoms with E-state index in [0.29, 0.717) is 17.9 Å². The topological polar surface area (TPSA) is 70.9 Å². The molecule has 22 heavy (non-hydrogen) atoms. The van der Waals surface area contributed by atoms with Crippen LogP contribution in [-0.2, 0) is 6.42 Å². The molecule has 114 valence electrons. The van der Waals surface area contributed by atoms with E-state index in [4.69, 9.17) is 23.2 Å². The first-order valence-electron chi connectivity index (χ1n) is 6.74. The minimum atomic E-state index is -0.492. The largest absolute Gasteiger partial charge is 0.364 e. The number of amides is 1. The van der Waals surface area contributed by atoms with Crippen molar-refractivity contribution in [1.82, 2.24) is 15.5 Å². The Bertz CT molecular complexity index is 783. The summed E-state index contributed by atoms with van der Waals surface area (Å²) >= 11 is 12.2. The number of hydrogen-bond acceptors (Lipinski definition) is 3. The minimum absolute atomic E-state index is 0.213. The highest BCUT2D eigenvalue weighted by Crippen LogP contribution is 2.23. The van der Waals surface area contributed by atoms with E-state index in [1.54, 1.807) is 0 Å². The molecule has 0 aliphatic rings. The van der Waals surface area contributed by atoms with Gasteiger partial charge in [-0.05, 0) is 36.6 Å². The third kappa shape index (κ3) is 3.26. The van der Waals surface area contributed by atoms with Crippen LogP contribution in [0.1, 0.15) is 22.5 Å². The zero-order valence-corrected chi connectivity index (χ0v) is 13.0. The van der Waals surface area contributed by atoms with Crippen molar-refractivity contribution >= 4 is 40.0 Å². The van der Waals surface area contributed by atoms with Crippen LogP contribution in [0, 0.1) is 0 Å². The number of aromatic nitrogens is 2. The zero-order valence-electron chi connectivity index (χ0n) is 11.5. The van der Waals surface area contributed by atoms with Crippen LogP contribution in [0.25, 0.3) is 10.9 Å². The fourth-order valence-electron chi connectivity index (χ4n) is 2.26. The second-order valence-electron chi connectivity index (χ2n) is 4.87. The third-order valence-electron chi connectivity index (χ3n) is 3.35. The van der Waals surface area contributed by atoms with Crippen molar-refractivity contribution in [3.8, 4) is 0 Å². The summed E-state index contributed by atoms with van der Waals surface area (Å²) in [6, 6.07) is 7.18. The SMILES string of the molecule is O=C(NC(Cl)CCc1c[nH]c2ccc(Cl)cc12)c1ccon1. The van der Waals surface area contributed by atoms with Gasteiger partial charge in [-0.25, -0.2) is 0 Å². The Labute approximate surface area is 136 Å². The maximum Gasteiger partial charge on any atom is 0.274 e. The van der Waals surface area contributed by atoms with Gasteiger partial charge >= 0.3 is 0 Å². The first kappa shape index (κ1) is 14.9. The van der Waals surface area contributed by atoms with Crippen LogP contribution in [0.4, 0.5) is 0 Å². The molecule has 1 unspecified atom stereocenters. The van der Waals surface area contributed by atoms with Gasteiger partial charge in [-0.1, -0.05) is 28.4 Å². The van der Waals surface area contributed by atoms with Crippen molar-refractivity contribution in [2.75, 3.05) is 0 Å². The van der Waals surface area contributed by atoms with E-state index in [1.165, 1.54) is 12.3 Å². The van der Waals surface area contributed by atoms with Gasteiger partial charge in [0, 0.05) is 28.2 Å². The number of alkyl halides is 1. The van der Waals surface area contributed by atoms with E-state index >= 15 is 0 Å². The van der Waals surface area contributed by atoms with Gasteiger partial charge < -0.3 is 14.8 Å². The quantitative estimate of drug-likeness (QED) is 0.550. The van der Waals surface area contributed by atoms with Gasteiger partial charge in [0.2, 0.25) is 0 Å². The number of halogens is 2. The summed E-state index contributed by atoms with van der Waals surface area (Å²) < 4.78 is 4.62. The Balaban J connectivity index is 1.61. The summed E-state index contributed by atoms with van der Waals surface area (Å²) in [6.45, 7) is 0. The van der Waals surface area contributed by atoms with Crippen LogP contribution in [0.15, 0.2) is 41.2 Å². The van der Waals surface area contributed by atoms with E-state index in [2.05, 4.69) is 20.0 Å². The van der Waals surface area contributed by atoms with Gasteiger partial charge in [0.15, 0.2) is 5.69 Å². The summed E-state index contributed by atoms with van der Waals surface area (Å²) in [5.41, 5.74) is 1.86. The number of nitrogens with one attached hydrogen (secondary N) is 2. The van der Waals surface area contributed by atoms with Gasteiger partial charge in [-0.2, -0.15) is 0 Å². The number of nitrogens with zero attached hydrogens (tertiary/aromatic N) is 1. The number of fused-ring (bicyclic) bond motifs is 1. The molecule has 0 spiro atoms. The molecule has 1 aromatic carbocycles. The van der Waals surface area contributed by atoms with Crippen LogP contribution in [0.3, 0.4) is 0 Å². The standard InChI is InChI=1S/C15H13Cl2N3O2/c16-10-2-3-12-11(7-10)9(8-18-12)1-4-14(17)19-15(21)13-5-6-22-20-13/h2-3,5-8,14,18H,1,4H2,(H,19,21). The Kier molecular flexibility index (Phi) is 4.36. The third-order valence-corrected chi connectivity index (χ3v) is 3.92. The molecular formula is C15H13Cl2N3O2. The second-order valence-corrected chi connectivity index (χ2v) is 5.83. The number of hydrogen-bond donors (Lipinski definition) is 2. The van der Waals surface area contributed by atoms with E-state index in [0.717, 1.165) is 16.5 Å². The van der Waals surface area contributed by atoms with Crippen LogP contribution in [-0.4, -0.2) is 21.5 Å². The lowest BCUT2D eigenvalue weighted by molar-refractivity contribution is 0.0938. The molecule has 0 radical (unpaired) electrons. The fourth-order valence-corrected chi connectivity index (χ4v) is 2.64. The predicted molar refractivity (Wildman–Crippen MR) is 85.2 cm³/mol. The van der Waals surface area contributed by atoms with Gasteiger partial charge in [-0.15, -0.1) is 0 Å². The monoisotopic (exact) mass is 337 g/mol. The molecule has 1 amide bonds. The van der Waals surface area contributed by atoms with Gasteiger partial charge in [0.1, 0.15) is 11.8 Å². The van der Waals surface area contributed by atoms with Crippen LogP contribution in [0.5, 0.6) is 0 Å². The molecular weight excluding hydrogens is 325 g/mol. The maximum absolute atomic E-state index is 11.8. The smallest absolute Gasteiger partial charge is 0.274 e. The molecule has 0 bridgehead atoms. The lowest BCUT2D eigenvalue weighted by atomic mass is 10.1. The molecule has 0 fully saturated rings. The Morgan fingerprint density at radius 1 is 1.41 bits per heavy atom. The number of aryl methyl sites for hydroxylation is 1. The van der Waals surface area contributed by atoms with Crippen molar-refractivity contribution < 1.29 is 9.32 Å². The number of carbonyl (C=O) groups excluding carboxylic acids is 1. The molecule has 0 saturated heterocycles. The molecule has 3 aromatic rings. The lowest BCUT2D eigenvalue weighted by Crippen LogP contribution is -2.31. The second kappa shape index (κ2) is 6.42. The predicted octanol–water partition coefficient (Wildman–Crippen LogP) is 3.74. The number of rotatable bonds is 5. The molecule has 3 rings (SSSR count). The molecule has 2 aromatic heterocycles. The van der Waals surface area contributed by atoms with Crippen molar-refractivity contribution in [2.24, 2.45) is 0 Å². The molecule has 0 aliphatic carbocycles. The molecule has 7 heteroatoms. The zero-order chi connectivity index (χ0) is 15.5. The Morgan fingerprint density at radius 2 is 2.27 bits per heavy atom. The number of carbonyl (C=O) groups is 1. The van der Waals surface area contributed by atoms with E-state index in [9.17, 15) is 4.79 Å². The fraction of sp³-hybridized carbons (Fsp3) is 0.200. The van der Waals surface area contributed by atoms with Gasteiger partial charge in [0.25, 0.3) is 5.91 Å². The maximum atomic E-state index is 11.8. The number of benzene rings is 1. The van der Waals surface area contributed by atoms with E-state index in [1.807, 2.05) is 24.4 Å². The first-order chi connectivity index (χ1) is 10.6. The molecule has 2 N–H and O–H groups in total. The normalized spacial score (nSPS) is 12.5. The minimum Gasteiger partial charge on any atom is -0.364 e. The highest BCUT2D eigenvalue weighted by atomic mass is 35.5. The average molecular weight is 338 g/mol. The Hall–Kier alpha value is -1.98.